The Morgan fingerprint density at radius 1 is 1.07 bits per heavy atom. The largest absolute Gasteiger partial charge is 0.481 e. The van der Waals surface area contributed by atoms with Crippen molar-refractivity contribution in [2.45, 2.75) is 18.4 Å². The van der Waals surface area contributed by atoms with E-state index in [1.807, 2.05) is 54.7 Å². The van der Waals surface area contributed by atoms with Crippen LogP contribution in [0.4, 0.5) is 0 Å². The van der Waals surface area contributed by atoms with Gasteiger partial charge in [0.25, 0.3) is 0 Å². The number of aliphatic hydroxyl groups is 1. The summed E-state index contributed by atoms with van der Waals surface area (Å²) >= 11 is 0. The number of aliphatic hydroxyl groups excluding tert-OH is 1. The van der Waals surface area contributed by atoms with Gasteiger partial charge in [-0.15, -0.1) is 0 Å². The van der Waals surface area contributed by atoms with Gasteiger partial charge in [-0.3, -0.25) is 4.79 Å². The van der Waals surface area contributed by atoms with Gasteiger partial charge in [0.2, 0.25) is 0 Å². The molecule has 4 aromatic rings. The highest BCUT2D eigenvalue weighted by Gasteiger charge is 2.31. The van der Waals surface area contributed by atoms with Crippen molar-refractivity contribution in [1.29, 1.82) is 0 Å². The zero-order valence-electron chi connectivity index (χ0n) is 15.5. The maximum atomic E-state index is 11.6. The van der Waals surface area contributed by atoms with Gasteiger partial charge in [-0.1, -0.05) is 36.4 Å². The lowest BCUT2D eigenvalue weighted by molar-refractivity contribution is -0.136. The van der Waals surface area contributed by atoms with Gasteiger partial charge >= 0.3 is 5.97 Å². The summed E-state index contributed by atoms with van der Waals surface area (Å²) in [5, 5.41) is 21.4. The normalized spacial score (nSPS) is 13.8. The Balaban J connectivity index is 1.99. The second kappa shape index (κ2) is 7.50. The second-order valence-electron chi connectivity index (χ2n) is 6.86. The van der Waals surface area contributed by atoms with Gasteiger partial charge in [0.05, 0.1) is 25.0 Å². The van der Waals surface area contributed by atoms with Crippen molar-refractivity contribution in [2.24, 2.45) is 0 Å². The van der Waals surface area contributed by atoms with Crippen LogP contribution in [0.15, 0.2) is 54.7 Å². The van der Waals surface area contributed by atoms with E-state index in [2.05, 4.69) is 9.97 Å². The SMILES string of the molecule is COC(CO)[C@@H](c1[nH]c2ccccc2c1CC(=O)O)c1c[nH]c2ccccc12. The van der Waals surface area contributed by atoms with Gasteiger partial charge in [-0.2, -0.15) is 0 Å². The number of hydrogen-bond acceptors (Lipinski definition) is 3. The minimum Gasteiger partial charge on any atom is -0.481 e. The smallest absolute Gasteiger partial charge is 0.307 e. The fourth-order valence-electron chi connectivity index (χ4n) is 4.04. The second-order valence-corrected chi connectivity index (χ2v) is 6.86. The molecule has 4 rings (SSSR count). The number of methoxy groups -OCH3 is 1. The molecular weight excluding hydrogens is 356 g/mol. The Labute approximate surface area is 161 Å². The van der Waals surface area contributed by atoms with E-state index in [0.29, 0.717) is 5.56 Å². The number of benzene rings is 2. The third-order valence-electron chi connectivity index (χ3n) is 5.30. The van der Waals surface area contributed by atoms with Crippen LogP contribution >= 0.6 is 0 Å². The van der Waals surface area contributed by atoms with Crippen LogP contribution in [-0.4, -0.2) is 46.0 Å². The maximum Gasteiger partial charge on any atom is 0.307 e. The number of para-hydroxylation sites is 2. The topological polar surface area (TPSA) is 98.3 Å². The monoisotopic (exact) mass is 378 g/mol. The molecule has 0 aliphatic carbocycles. The van der Waals surface area contributed by atoms with Crippen molar-refractivity contribution in [1.82, 2.24) is 9.97 Å². The summed E-state index contributed by atoms with van der Waals surface area (Å²) in [6.45, 7) is -0.192. The van der Waals surface area contributed by atoms with Crippen LogP contribution in [0.25, 0.3) is 21.8 Å². The van der Waals surface area contributed by atoms with E-state index < -0.39 is 12.1 Å². The molecule has 6 nitrogen and oxygen atoms in total. The van der Waals surface area contributed by atoms with Gasteiger partial charge in [-0.05, 0) is 23.3 Å². The van der Waals surface area contributed by atoms with E-state index in [1.54, 1.807) is 7.11 Å². The van der Waals surface area contributed by atoms with E-state index in [-0.39, 0.29) is 18.9 Å². The average Bonchev–Trinajstić information content (AvgIpc) is 3.28. The Morgan fingerprint density at radius 3 is 2.43 bits per heavy atom. The maximum absolute atomic E-state index is 11.6. The summed E-state index contributed by atoms with van der Waals surface area (Å²) in [7, 11) is 1.56. The van der Waals surface area contributed by atoms with Gasteiger partial charge < -0.3 is 24.9 Å². The lowest BCUT2D eigenvalue weighted by Gasteiger charge is -2.25. The lowest BCUT2D eigenvalue weighted by Crippen LogP contribution is -2.27. The molecule has 4 N–H and O–H groups in total. The van der Waals surface area contributed by atoms with Crippen LogP contribution in [0.1, 0.15) is 22.7 Å². The number of aliphatic carboxylic acids is 1. The number of carboxylic acids is 1. The van der Waals surface area contributed by atoms with Crippen LogP contribution in [0.5, 0.6) is 0 Å². The summed E-state index contributed by atoms with van der Waals surface area (Å²) in [5.74, 6) is -1.26. The standard InChI is InChI=1S/C22H22N2O4/c1-28-19(12-25)21(16-11-23-17-8-4-2-7-14(16)17)22-15(10-20(26)27)13-6-3-5-9-18(13)24-22/h2-9,11,19,21,23-25H,10,12H2,1H3,(H,26,27)/t19?,21-/m0/s1. The molecular formula is C22H22N2O4. The average molecular weight is 378 g/mol. The summed E-state index contributed by atoms with van der Waals surface area (Å²) in [4.78, 5) is 18.3. The van der Waals surface area contributed by atoms with E-state index in [0.717, 1.165) is 33.1 Å². The van der Waals surface area contributed by atoms with Crippen LogP contribution in [0.3, 0.4) is 0 Å². The minimum atomic E-state index is -0.901. The fourth-order valence-corrected chi connectivity index (χ4v) is 4.04. The molecule has 0 aliphatic rings. The number of hydrogen-bond donors (Lipinski definition) is 4. The summed E-state index contributed by atoms with van der Waals surface area (Å²) in [6.07, 6.45) is 1.27. The number of ether oxygens (including phenoxy) is 1. The predicted octanol–water partition coefficient (Wildman–Crippen LogP) is 3.42. The molecule has 2 aromatic carbocycles. The number of H-pyrrole nitrogens is 2. The molecule has 144 valence electrons. The van der Waals surface area contributed by atoms with Crippen LogP contribution < -0.4 is 0 Å². The molecule has 0 spiro atoms. The van der Waals surface area contributed by atoms with Crippen molar-refractivity contribution in [3.8, 4) is 0 Å². The van der Waals surface area contributed by atoms with Crippen molar-refractivity contribution in [2.75, 3.05) is 13.7 Å². The lowest BCUT2D eigenvalue weighted by atomic mass is 9.87. The van der Waals surface area contributed by atoms with E-state index in [9.17, 15) is 15.0 Å². The molecule has 0 saturated carbocycles. The highest BCUT2D eigenvalue weighted by molar-refractivity contribution is 5.90. The van der Waals surface area contributed by atoms with Gasteiger partial charge in [-0.25, -0.2) is 0 Å². The number of nitrogens with one attached hydrogen (secondary N) is 2. The van der Waals surface area contributed by atoms with Crippen molar-refractivity contribution in [3.05, 3.63) is 71.5 Å². The number of fused-ring (bicyclic) bond motifs is 2. The molecule has 6 heteroatoms. The quantitative estimate of drug-likeness (QED) is 0.396. The van der Waals surface area contributed by atoms with Gasteiger partial charge in [0.15, 0.2) is 0 Å². The molecule has 1 unspecified atom stereocenters. The molecule has 0 bridgehead atoms. The third-order valence-corrected chi connectivity index (χ3v) is 5.30. The molecule has 0 aliphatic heterocycles. The highest BCUT2D eigenvalue weighted by Crippen LogP contribution is 2.38. The first kappa shape index (κ1) is 18.3. The zero-order chi connectivity index (χ0) is 19.7. The number of rotatable bonds is 7. The molecule has 0 radical (unpaired) electrons. The Morgan fingerprint density at radius 2 is 1.75 bits per heavy atom. The molecule has 0 saturated heterocycles. The van der Waals surface area contributed by atoms with Crippen LogP contribution in [0.2, 0.25) is 0 Å². The highest BCUT2D eigenvalue weighted by atomic mass is 16.5. The Kier molecular flexibility index (Phi) is 4.90. The molecule has 0 fully saturated rings. The zero-order valence-corrected chi connectivity index (χ0v) is 15.5. The van der Waals surface area contributed by atoms with Crippen molar-refractivity contribution < 1.29 is 19.7 Å². The van der Waals surface area contributed by atoms with Gasteiger partial charge in [0, 0.05) is 40.8 Å². The van der Waals surface area contributed by atoms with E-state index in [4.69, 9.17) is 4.74 Å². The molecule has 28 heavy (non-hydrogen) atoms. The first-order valence-electron chi connectivity index (χ1n) is 9.15. The number of aromatic amines is 2. The van der Waals surface area contributed by atoms with Crippen molar-refractivity contribution >= 4 is 27.8 Å². The molecule has 0 amide bonds. The Bertz CT molecular complexity index is 1120. The van der Waals surface area contributed by atoms with E-state index in [1.165, 1.54) is 0 Å². The van der Waals surface area contributed by atoms with E-state index >= 15 is 0 Å². The first-order valence-corrected chi connectivity index (χ1v) is 9.15. The summed E-state index contributed by atoms with van der Waals surface area (Å²) in [5.41, 5.74) is 4.27. The minimum absolute atomic E-state index is 0.111. The molecule has 2 heterocycles. The van der Waals surface area contributed by atoms with Crippen molar-refractivity contribution in [3.63, 3.8) is 0 Å². The fraction of sp³-hybridized carbons (Fsp3) is 0.227. The summed E-state index contributed by atoms with van der Waals surface area (Å²) < 4.78 is 5.61. The first-order chi connectivity index (χ1) is 13.6. The Hall–Kier alpha value is -3.09. The third kappa shape index (κ3) is 3.06. The van der Waals surface area contributed by atoms with Crippen LogP contribution in [-0.2, 0) is 16.0 Å². The number of carboxylic acid groups (broad SMARTS) is 1. The predicted molar refractivity (Wildman–Crippen MR) is 108 cm³/mol. The molecule has 2 atom stereocenters. The van der Waals surface area contributed by atoms with Crippen LogP contribution in [0, 0.1) is 0 Å². The van der Waals surface area contributed by atoms with Gasteiger partial charge in [0.1, 0.15) is 0 Å². The number of carbonyl (C=O) groups is 1. The molecule has 2 aromatic heterocycles. The summed E-state index contributed by atoms with van der Waals surface area (Å²) in [6, 6.07) is 15.6. The number of aromatic nitrogens is 2.